The first-order valence-electron chi connectivity index (χ1n) is 7.03. The van der Waals surface area contributed by atoms with Crippen LogP contribution in [-0.2, 0) is 20.9 Å². The highest BCUT2D eigenvalue weighted by Crippen LogP contribution is 2.26. The Labute approximate surface area is 128 Å². The van der Waals surface area contributed by atoms with Crippen LogP contribution in [0.25, 0.3) is 5.76 Å². The summed E-state index contributed by atoms with van der Waals surface area (Å²) in [5, 5.41) is 2.30. The van der Waals surface area contributed by atoms with Crippen molar-refractivity contribution in [2.45, 2.75) is 13.0 Å². The van der Waals surface area contributed by atoms with Crippen molar-refractivity contribution in [3.05, 3.63) is 77.4 Å². The molecule has 0 bridgehead atoms. The number of carbonyl (C=O) groups is 2. The number of carbonyl (C=O) groups excluding carboxylic acids is 2. The summed E-state index contributed by atoms with van der Waals surface area (Å²) in [4.78, 5) is 23.4. The molecule has 1 fully saturated rings. The number of hydrogen-bond acceptors (Lipinski definition) is 3. The maximum absolute atomic E-state index is 11.9. The smallest absolute Gasteiger partial charge is 0.258 e. The van der Waals surface area contributed by atoms with Gasteiger partial charge in [0, 0.05) is 5.56 Å². The molecule has 0 aromatic heterocycles. The number of rotatable bonds is 4. The number of amides is 2. The van der Waals surface area contributed by atoms with Crippen LogP contribution in [0, 0.1) is 0 Å². The van der Waals surface area contributed by atoms with E-state index in [1.807, 2.05) is 60.7 Å². The van der Waals surface area contributed by atoms with E-state index in [4.69, 9.17) is 4.74 Å². The Kier molecular flexibility index (Phi) is 4.01. The summed E-state index contributed by atoms with van der Waals surface area (Å²) in [6, 6.07) is 19.1. The van der Waals surface area contributed by atoms with Crippen LogP contribution in [0.4, 0.5) is 0 Å². The lowest BCUT2D eigenvalue weighted by Gasteiger charge is -2.13. The lowest BCUT2D eigenvalue weighted by molar-refractivity contribution is -0.124. The van der Waals surface area contributed by atoms with Gasteiger partial charge in [0.15, 0.2) is 0 Å². The van der Waals surface area contributed by atoms with E-state index in [1.165, 1.54) is 0 Å². The molecule has 4 nitrogen and oxygen atoms in total. The molecule has 2 aromatic rings. The molecule has 0 unspecified atom stereocenters. The predicted molar refractivity (Wildman–Crippen MR) is 82.4 cm³/mol. The highest BCUT2D eigenvalue weighted by atomic mass is 16.5. The number of nitrogens with one attached hydrogen (secondary N) is 1. The average molecular weight is 293 g/mol. The minimum absolute atomic E-state index is 0.0534. The average Bonchev–Trinajstić information content (AvgIpc) is 2.88. The van der Waals surface area contributed by atoms with E-state index in [9.17, 15) is 9.59 Å². The fourth-order valence-corrected chi connectivity index (χ4v) is 2.33. The van der Waals surface area contributed by atoms with E-state index in [1.54, 1.807) is 0 Å². The van der Waals surface area contributed by atoms with Gasteiger partial charge in [-0.15, -0.1) is 0 Å². The van der Waals surface area contributed by atoms with Gasteiger partial charge >= 0.3 is 0 Å². The summed E-state index contributed by atoms with van der Waals surface area (Å²) in [7, 11) is 0. The van der Waals surface area contributed by atoms with Crippen LogP contribution in [0.1, 0.15) is 17.5 Å². The molecule has 0 spiro atoms. The largest absolute Gasteiger partial charge is 0.488 e. The van der Waals surface area contributed by atoms with Crippen LogP contribution in [-0.4, -0.2) is 11.8 Å². The van der Waals surface area contributed by atoms with Crippen molar-refractivity contribution in [2.75, 3.05) is 0 Å². The Morgan fingerprint density at radius 1 is 0.955 bits per heavy atom. The minimum atomic E-state index is -0.378. The van der Waals surface area contributed by atoms with E-state index in [-0.39, 0.29) is 18.2 Å². The first-order valence-corrected chi connectivity index (χ1v) is 7.03. The molecule has 1 aliphatic rings. The van der Waals surface area contributed by atoms with Gasteiger partial charge in [-0.3, -0.25) is 14.9 Å². The van der Waals surface area contributed by atoms with Gasteiger partial charge in [0.25, 0.3) is 5.91 Å². The summed E-state index contributed by atoms with van der Waals surface area (Å²) >= 11 is 0. The Bertz CT molecular complexity index is 721. The molecule has 110 valence electrons. The lowest BCUT2D eigenvalue weighted by atomic mass is 10.1. The van der Waals surface area contributed by atoms with Crippen molar-refractivity contribution in [1.29, 1.82) is 0 Å². The normalized spacial score (nSPS) is 16.4. The third kappa shape index (κ3) is 3.06. The maximum atomic E-state index is 11.9. The molecule has 1 heterocycles. The highest BCUT2D eigenvalue weighted by Gasteiger charge is 2.29. The molecule has 4 heteroatoms. The van der Waals surface area contributed by atoms with Crippen LogP contribution in [0.15, 0.2) is 66.2 Å². The van der Waals surface area contributed by atoms with Crippen molar-refractivity contribution in [1.82, 2.24) is 5.32 Å². The van der Waals surface area contributed by atoms with Crippen molar-refractivity contribution in [2.24, 2.45) is 0 Å². The van der Waals surface area contributed by atoms with E-state index < -0.39 is 0 Å². The zero-order valence-corrected chi connectivity index (χ0v) is 11.9. The van der Waals surface area contributed by atoms with Crippen molar-refractivity contribution >= 4 is 17.6 Å². The van der Waals surface area contributed by atoms with Gasteiger partial charge in [-0.05, 0) is 5.56 Å². The molecule has 2 amide bonds. The summed E-state index contributed by atoms with van der Waals surface area (Å²) in [5.74, 6) is -0.207. The van der Waals surface area contributed by atoms with Crippen molar-refractivity contribution in [3.63, 3.8) is 0 Å². The zero-order valence-electron chi connectivity index (χ0n) is 11.9. The van der Waals surface area contributed by atoms with E-state index in [0.717, 1.165) is 11.1 Å². The summed E-state index contributed by atoms with van der Waals surface area (Å²) < 4.78 is 5.88. The molecular formula is C18H15NO3. The molecular weight excluding hydrogens is 278 g/mol. The monoisotopic (exact) mass is 293 g/mol. The maximum Gasteiger partial charge on any atom is 0.258 e. The minimum Gasteiger partial charge on any atom is -0.488 e. The third-order valence-electron chi connectivity index (χ3n) is 3.40. The van der Waals surface area contributed by atoms with Crippen LogP contribution in [0.2, 0.25) is 0 Å². The Hall–Kier alpha value is -2.88. The second-order valence-electron chi connectivity index (χ2n) is 5.00. The topological polar surface area (TPSA) is 55.4 Å². The van der Waals surface area contributed by atoms with E-state index in [2.05, 4.69) is 5.32 Å². The predicted octanol–water partition coefficient (Wildman–Crippen LogP) is 2.66. The standard InChI is InChI=1S/C18H15NO3/c20-16-11-15(18(21)19-16)17(14-9-5-2-6-10-14)22-12-13-7-3-1-4-8-13/h1-10H,11-12H2,(H,19,20,21)/b17-15+. The fraction of sp³-hybridized carbons (Fsp3) is 0.111. The van der Waals surface area contributed by atoms with E-state index in [0.29, 0.717) is 17.9 Å². The van der Waals surface area contributed by atoms with Gasteiger partial charge in [0.1, 0.15) is 12.4 Å². The van der Waals surface area contributed by atoms with Gasteiger partial charge in [0.2, 0.25) is 5.91 Å². The Balaban J connectivity index is 1.92. The number of hydrogen-bond donors (Lipinski definition) is 1. The first kappa shape index (κ1) is 14.1. The third-order valence-corrected chi connectivity index (χ3v) is 3.40. The van der Waals surface area contributed by atoms with Crippen LogP contribution >= 0.6 is 0 Å². The SMILES string of the molecule is O=C1C/C(=C(\OCc2ccccc2)c2ccccc2)C(=O)N1. The lowest BCUT2D eigenvalue weighted by Crippen LogP contribution is -2.19. The van der Waals surface area contributed by atoms with Crippen molar-refractivity contribution < 1.29 is 14.3 Å². The quantitative estimate of drug-likeness (QED) is 0.535. The van der Waals surface area contributed by atoms with Gasteiger partial charge in [-0.2, -0.15) is 0 Å². The Morgan fingerprint density at radius 3 is 2.18 bits per heavy atom. The van der Waals surface area contributed by atoms with Crippen molar-refractivity contribution in [3.8, 4) is 0 Å². The Morgan fingerprint density at radius 2 is 1.59 bits per heavy atom. The van der Waals surface area contributed by atoms with Gasteiger partial charge in [-0.25, -0.2) is 0 Å². The zero-order chi connectivity index (χ0) is 15.4. The second-order valence-corrected chi connectivity index (χ2v) is 5.00. The van der Waals surface area contributed by atoms with Gasteiger partial charge < -0.3 is 4.74 Å². The first-order chi connectivity index (χ1) is 10.7. The van der Waals surface area contributed by atoms with Crippen LogP contribution in [0.3, 0.4) is 0 Å². The van der Waals surface area contributed by atoms with E-state index >= 15 is 0 Å². The highest BCUT2D eigenvalue weighted by molar-refractivity contribution is 6.16. The molecule has 2 aromatic carbocycles. The molecule has 0 atom stereocenters. The molecule has 1 aliphatic heterocycles. The molecule has 3 rings (SSSR count). The van der Waals surface area contributed by atoms with Crippen LogP contribution in [0.5, 0.6) is 0 Å². The summed E-state index contributed by atoms with van der Waals surface area (Å²) in [5.41, 5.74) is 2.17. The molecule has 0 saturated carbocycles. The van der Waals surface area contributed by atoms with Gasteiger partial charge in [-0.1, -0.05) is 60.7 Å². The second kappa shape index (κ2) is 6.26. The van der Waals surface area contributed by atoms with Crippen LogP contribution < -0.4 is 5.32 Å². The summed E-state index contributed by atoms with van der Waals surface area (Å²) in [6.45, 7) is 0.343. The number of benzene rings is 2. The summed E-state index contributed by atoms with van der Waals surface area (Å²) in [6.07, 6.45) is 0.0534. The molecule has 0 radical (unpaired) electrons. The molecule has 22 heavy (non-hydrogen) atoms. The molecule has 0 aliphatic carbocycles. The number of imide groups is 1. The van der Waals surface area contributed by atoms with Gasteiger partial charge in [0.05, 0.1) is 12.0 Å². The number of ether oxygens (including phenoxy) is 1. The molecule has 1 N–H and O–H groups in total. The fourth-order valence-electron chi connectivity index (χ4n) is 2.33. The molecule has 1 saturated heterocycles.